The van der Waals surface area contributed by atoms with Gasteiger partial charge in [-0.2, -0.15) is 0 Å². The molecule has 1 aliphatic carbocycles. The van der Waals surface area contributed by atoms with Crippen molar-refractivity contribution >= 4 is 10.9 Å². The van der Waals surface area contributed by atoms with E-state index in [1.807, 2.05) is 0 Å². The lowest BCUT2D eigenvalue weighted by molar-refractivity contribution is 0.0888. The van der Waals surface area contributed by atoms with Crippen LogP contribution in [-0.4, -0.2) is 58.3 Å². The summed E-state index contributed by atoms with van der Waals surface area (Å²) in [5.41, 5.74) is 4.28. The molecular weight excluding hydrogens is 406 g/mol. The van der Waals surface area contributed by atoms with Gasteiger partial charge in [0.1, 0.15) is 0 Å². The zero-order valence-electron chi connectivity index (χ0n) is 21.0. The second kappa shape index (κ2) is 10.5. The number of likely N-dealkylation sites (tertiary alicyclic amines) is 2. The minimum atomic E-state index is 0.237. The molecule has 3 fully saturated rings. The number of aliphatic hydroxyl groups excluding tert-OH is 1. The van der Waals surface area contributed by atoms with E-state index in [9.17, 15) is 5.11 Å². The Balaban J connectivity index is 1.34. The molecule has 182 valence electrons. The predicted molar refractivity (Wildman–Crippen MR) is 138 cm³/mol. The second-order valence-electron chi connectivity index (χ2n) is 11.3. The monoisotopic (exact) mass is 451 g/mol. The third-order valence-electron chi connectivity index (χ3n) is 9.12. The number of aliphatic hydroxyl groups is 1. The Bertz CT molecular complexity index is 897. The van der Waals surface area contributed by atoms with Crippen LogP contribution in [0.3, 0.4) is 0 Å². The molecule has 0 amide bonds. The standard InChI is InChI=1S/C29H45N3O/c1-22(2)23-9-11-24(12-10-23)31-18-13-25(14-19-31)32-28-8-4-3-7-26(28)27(29(32)15-20-33)21-30-16-5-6-17-30/h3-4,7-8,22-25,33H,5-6,9-21H2,1-2H3. The van der Waals surface area contributed by atoms with Crippen molar-refractivity contribution in [1.29, 1.82) is 0 Å². The summed E-state index contributed by atoms with van der Waals surface area (Å²) >= 11 is 0. The van der Waals surface area contributed by atoms with Crippen molar-refractivity contribution in [2.45, 2.75) is 90.3 Å². The summed E-state index contributed by atoms with van der Waals surface area (Å²) in [6, 6.07) is 10.4. The summed E-state index contributed by atoms with van der Waals surface area (Å²) < 4.78 is 2.66. The summed E-state index contributed by atoms with van der Waals surface area (Å²) in [6.45, 7) is 11.0. The molecule has 3 heterocycles. The highest BCUT2D eigenvalue weighted by atomic mass is 16.3. The van der Waals surface area contributed by atoms with Crippen molar-refractivity contribution in [3.8, 4) is 0 Å². The van der Waals surface area contributed by atoms with E-state index in [0.29, 0.717) is 6.04 Å². The van der Waals surface area contributed by atoms with E-state index >= 15 is 0 Å². The molecule has 1 saturated carbocycles. The molecule has 1 aromatic carbocycles. The minimum Gasteiger partial charge on any atom is -0.396 e. The summed E-state index contributed by atoms with van der Waals surface area (Å²) in [4.78, 5) is 5.43. The summed E-state index contributed by atoms with van der Waals surface area (Å²) in [5, 5.41) is 11.4. The first kappa shape index (κ1) is 23.4. The number of hydrogen-bond acceptors (Lipinski definition) is 3. The van der Waals surface area contributed by atoms with Crippen molar-refractivity contribution in [2.24, 2.45) is 11.8 Å². The fraction of sp³-hybridized carbons (Fsp3) is 0.724. The molecule has 2 aliphatic heterocycles. The Morgan fingerprint density at radius 1 is 0.879 bits per heavy atom. The topological polar surface area (TPSA) is 31.6 Å². The normalized spacial score (nSPS) is 26.1. The Hall–Kier alpha value is -1.36. The molecule has 4 nitrogen and oxygen atoms in total. The van der Waals surface area contributed by atoms with Crippen LogP contribution in [0.4, 0.5) is 0 Å². The number of piperidine rings is 1. The third-order valence-corrected chi connectivity index (χ3v) is 9.12. The van der Waals surface area contributed by atoms with E-state index in [-0.39, 0.29) is 6.61 Å². The molecule has 2 saturated heterocycles. The molecule has 33 heavy (non-hydrogen) atoms. The van der Waals surface area contributed by atoms with E-state index in [0.717, 1.165) is 30.8 Å². The van der Waals surface area contributed by atoms with Crippen LogP contribution in [0.5, 0.6) is 0 Å². The van der Waals surface area contributed by atoms with Gasteiger partial charge in [-0.3, -0.25) is 4.90 Å². The second-order valence-corrected chi connectivity index (χ2v) is 11.3. The van der Waals surface area contributed by atoms with Crippen LogP contribution in [0.2, 0.25) is 0 Å². The third kappa shape index (κ3) is 4.90. The van der Waals surface area contributed by atoms with Gasteiger partial charge in [0.15, 0.2) is 0 Å². The SMILES string of the molecule is CC(C)C1CCC(N2CCC(n3c(CCO)c(CN4CCCC4)c4ccccc43)CC2)CC1. The smallest absolute Gasteiger partial charge is 0.0488 e. The number of fused-ring (bicyclic) bond motifs is 1. The fourth-order valence-corrected chi connectivity index (χ4v) is 7.16. The Kier molecular flexibility index (Phi) is 7.44. The van der Waals surface area contributed by atoms with Gasteiger partial charge in [-0.05, 0) is 87.9 Å². The lowest BCUT2D eigenvalue weighted by Crippen LogP contribution is -2.44. The van der Waals surface area contributed by atoms with Crippen molar-refractivity contribution in [3.63, 3.8) is 0 Å². The van der Waals surface area contributed by atoms with Gasteiger partial charge in [0.25, 0.3) is 0 Å². The zero-order chi connectivity index (χ0) is 22.8. The maximum absolute atomic E-state index is 9.99. The Labute approximate surface area is 200 Å². The van der Waals surface area contributed by atoms with Crippen molar-refractivity contribution in [1.82, 2.24) is 14.4 Å². The number of hydrogen-bond donors (Lipinski definition) is 1. The number of aromatic nitrogens is 1. The predicted octanol–water partition coefficient (Wildman–Crippen LogP) is 5.62. The van der Waals surface area contributed by atoms with Crippen LogP contribution < -0.4 is 0 Å². The minimum absolute atomic E-state index is 0.237. The lowest BCUT2D eigenvalue weighted by Gasteiger charge is -2.42. The lowest BCUT2D eigenvalue weighted by atomic mass is 9.79. The maximum Gasteiger partial charge on any atom is 0.0488 e. The van der Waals surface area contributed by atoms with E-state index in [4.69, 9.17) is 0 Å². The Morgan fingerprint density at radius 3 is 2.24 bits per heavy atom. The molecule has 1 N–H and O–H groups in total. The van der Waals surface area contributed by atoms with E-state index in [1.165, 1.54) is 99.7 Å². The molecule has 0 radical (unpaired) electrons. The first-order valence-corrected chi connectivity index (χ1v) is 13.8. The fourth-order valence-electron chi connectivity index (χ4n) is 7.16. The number of para-hydroxylation sites is 1. The van der Waals surface area contributed by atoms with E-state index in [1.54, 1.807) is 0 Å². The highest BCUT2D eigenvalue weighted by molar-refractivity contribution is 5.85. The quantitative estimate of drug-likeness (QED) is 0.592. The molecule has 1 aromatic heterocycles. The van der Waals surface area contributed by atoms with Gasteiger partial charge in [0.05, 0.1) is 0 Å². The molecular formula is C29H45N3O. The molecule has 0 unspecified atom stereocenters. The van der Waals surface area contributed by atoms with Crippen LogP contribution in [0.25, 0.3) is 10.9 Å². The molecule has 0 spiro atoms. The van der Waals surface area contributed by atoms with Crippen LogP contribution in [0.15, 0.2) is 24.3 Å². The Morgan fingerprint density at radius 2 is 1.58 bits per heavy atom. The summed E-state index contributed by atoms with van der Waals surface area (Å²) in [7, 11) is 0. The summed E-state index contributed by atoms with van der Waals surface area (Å²) in [6.07, 6.45) is 11.5. The van der Waals surface area contributed by atoms with E-state index < -0.39 is 0 Å². The molecule has 0 atom stereocenters. The molecule has 3 aliphatic rings. The van der Waals surface area contributed by atoms with Crippen molar-refractivity contribution < 1.29 is 5.11 Å². The van der Waals surface area contributed by atoms with Crippen LogP contribution >= 0.6 is 0 Å². The van der Waals surface area contributed by atoms with Crippen molar-refractivity contribution in [3.05, 3.63) is 35.5 Å². The van der Waals surface area contributed by atoms with Crippen LogP contribution in [0.1, 0.15) is 82.5 Å². The highest BCUT2D eigenvalue weighted by Crippen LogP contribution is 2.38. The van der Waals surface area contributed by atoms with Gasteiger partial charge in [0.2, 0.25) is 0 Å². The number of benzene rings is 1. The molecule has 2 aromatic rings. The van der Waals surface area contributed by atoms with Gasteiger partial charge in [-0.1, -0.05) is 32.0 Å². The van der Waals surface area contributed by atoms with E-state index in [2.05, 4.69) is 52.5 Å². The van der Waals surface area contributed by atoms with Crippen LogP contribution in [0, 0.1) is 11.8 Å². The highest BCUT2D eigenvalue weighted by Gasteiger charge is 2.32. The first-order valence-electron chi connectivity index (χ1n) is 13.8. The van der Waals surface area contributed by atoms with Gasteiger partial charge in [-0.25, -0.2) is 0 Å². The molecule has 4 heteroatoms. The van der Waals surface area contributed by atoms with Crippen molar-refractivity contribution in [2.75, 3.05) is 32.8 Å². The van der Waals surface area contributed by atoms with Gasteiger partial charge < -0.3 is 14.6 Å². The average Bonchev–Trinajstić information content (AvgIpc) is 3.47. The molecule has 5 rings (SSSR count). The largest absolute Gasteiger partial charge is 0.396 e. The number of rotatable bonds is 7. The van der Waals surface area contributed by atoms with Crippen LogP contribution in [-0.2, 0) is 13.0 Å². The van der Waals surface area contributed by atoms with Gasteiger partial charge >= 0.3 is 0 Å². The summed E-state index contributed by atoms with van der Waals surface area (Å²) in [5.74, 6) is 1.79. The van der Waals surface area contributed by atoms with Gasteiger partial charge in [-0.15, -0.1) is 0 Å². The maximum atomic E-state index is 9.99. The average molecular weight is 452 g/mol. The molecule has 0 bridgehead atoms. The zero-order valence-corrected chi connectivity index (χ0v) is 21.0. The first-order chi connectivity index (χ1) is 16.2. The van der Waals surface area contributed by atoms with Gasteiger partial charge in [0, 0.05) is 61.3 Å². The number of nitrogens with zero attached hydrogens (tertiary/aromatic N) is 3.